The standard InChI is InChI=1S/C16H15ClFNO2/c1-2-11-5-3-4-6-15(11)21-10-16(20)19-14-9-12(17)7-8-13(14)18/h3-9H,2,10H2,1H3,(H,19,20). The number of ether oxygens (including phenoxy) is 1. The average molecular weight is 308 g/mol. The number of hydrogen-bond acceptors (Lipinski definition) is 2. The molecule has 0 aliphatic rings. The fourth-order valence-corrected chi connectivity index (χ4v) is 2.03. The Balaban J connectivity index is 1.97. The van der Waals surface area contributed by atoms with E-state index >= 15 is 0 Å². The van der Waals surface area contributed by atoms with Crippen LogP contribution in [0.25, 0.3) is 0 Å². The number of nitrogens with one attached hydrogen (secondary N) is 1. The number of halogens is 2. The van der Waals surface area contributed by atoms with Crippen LogP contribution in [0.15, 0.2) is 42.5 Å². The van der Waals surface area contributed by atoms with Gasteiger partial charge < -0.3 is 10.1 Å². The van der Waals surface area contributed by atoms with Crippen molar-refractivity contribution in [2.75, 3.05) is 11.9 Å². The Bertz CT molecular complexity index is 646. The maximum Gasteiger partial charge on any atom is 0.262 e. The topological polar surface area (TPSA) is 38.3 Å². The first kappa shape index (κ1) is 15.3. The van der Waals surface area contributed by atoms with Crippen LogP contribution in [0, 0.1) is 5.82 Å². The minimum atomic E-state index is -0.540. The van der Waals surface area contributed by atoms with Gasteiger partial charge in [-0.05, 0) is 36.2 Å². The predicted octanol–water partition coefficient (Wildman–Crippen LogP) is 4.06. The number of hydrogen-bond donors (Lipinski definition) is 1. The molecule has 0 aliphatic carbocycles. The van der Waals surface area contributed by atoms with E-state index in [4.69, 9.17) is 16.3 Å². The first-order valence-corrected chi connectivity index (χ1v) is 6.93. The number of anilines is 1. The lowest BCUT2D eigenvalue weighted by Crippen LogP contribution is -2.21. The summed E-state index contributed by atoms with van der Waals surface area (Å²) in [5.41, 5.74) is 1.05. The van der Waals surface area contributed by atoms with Crippen LogP contribution in [0.3, 0.4) is 0 Å². The predicted molar refractivity (Wildman–Crippen MR) is 81.4 cm³/mol. The lowest BCUT2D eigenvalue weighted by Gasteiger charge is -2.11. The molecule has 2 aromatic rings. The number of carbonyl (C=O) groups excluding carboxylic acids is 1. The van der Waals surface area contributed by atoms with Gasteiger partial charge in [-0.1, -0.05) is 36.7 Å². The van der Waals surface area contributed by atoms with Crippen molar-refractivity contribution in [3.63, 3.8) is 0 Å². The molecule has 0 aliphatic heterocycles. The van der Waals surface area contributed by atoms with Gasteiger partial charge >= 0.3 is 0 Å². The van der Waals surface area contributed by atoms with E-state index in [1.54, 1.807) is 6.07 Å². The summed E-state index contributed by atoms with van der Waals surface area (Å²) in [5.74, 6) is -0.328. The SMILES string of the molecule is CCc1ccccc1OCC(=O)Nc1cc(Cl)ccc1F. The van der Waals surface area contributed by atoms with Gasteiger partial charge in [0.05, 0.1) is 5.69 Å². The molecule has 0 atom stereocenters. The Morgan fingerprint density at radius 2 is 2.05 bits per heavy atom. The van der Waals surface area contributed by atoms with Crippen molar-refractivity contribution >= 4 is 23.2 Å². The lowest BCUT2D eigenvalue weighted by molar-refractivity contribution is -0.118. The van der Waals surface area contributed by atoms with Crippen LogP contribution < -0.4 is 10.1 Å². The van der Waals surface area contributed by atoms with Gasteiger partial charge in [-0.25, -0.2) is 4.39 Å². The smallest absolute Gasteiger partial charge is 0.262 e. The van der Waals surface area contributed by atoms with Gasteiger partial charge in [-0.3, -0.25) is 4.79 Å². The second kappa shape index (κ2) is 7.09. The quantitative estimate of drug-likeness (QED) is 0.904. The van der Waals surface area contributed by atoms with E-state index in [9.17, 15) is 9.18 Å². The number of carbonyl (C=O) groups is 1. The zero-order chi connectivity index (χ0) is 15.2. The third-order valence-electron chi connectivity index (χ3n) is 2.91. The zero-order valence-electron chi connectivity index (χ0n) is 11.5. The van der Waals surface area contributed by atoms with Crippen LogP contribution in [0.5, 0.6) is 5.75 Å². The van der Waals surface area contributed by atoms with Gasteiger partial charge in [-0.2, -0.15) is 0 Å². The van der Waals surface area contributed by atoms with Gasteiger partial charge in [-0.15, -0.1) is 0 Å². The number of para-hydroxylation sites is 1. The number of benzene rings is 2. The third-order valence-corrected chi connectivity index (χ3v) is 3.15. The van der Waals surface area contributed by atoms with Crippen molar-refractivity contribution in [3.8, 4) is 5.75 Å². The molecule has 1 N–H and O–H groups in total. The normalized spacial score (nSPS) is 10.2. The summed E-state index contributed by atoms with van der Waals surface area (Å²) in [6.45, 7) is 1.81. The first-order chi connectivity index (χ1) is 10.1. The van der Waals surface area contributed by atoms with E-state index in [-0.39, 0.29) is 12.3 Å². The molecule has 5 heteroatoms. The highest BCUT2D eigenvalue weighted by atomic mass is 35.5. The van der Waals surface area contributed by atoms with Crippen molar-refractivity contribution in [1.82, 2.24) is 0 Å². The summed E-state index contributed by atoms with van der Waals surface area (Å²) in [4.78, 5) is 11.8. The molecular weight excluding hydrogens is 293 g/mol. The van der Waals surface area contributed by atoms with Crippen molar-refractivity contribution < 1.29 is 13.9 Å². The second-order valence-corrected chi connectivity index (χ2v) is 4.86. The second-order valence-electron chi connectivity index (χ2n) is 4.42. The molecule has 1 amide bonds. The summed E-state index contributed by atoms with van der Waals surface area (Å²) in [6, 6.07) is 11.5. The highest BCUT2D eigenvalue weighted by molar-refractivity contribution is 6.30. The zero-order valence-corrected chi connectivity index (χ0v) is 12.3. The molecule has 0 spiro atoms. The summed E-state index contributed by atoms with van der Waals surface area (Å²) in [5, 5.41) is 2.79. The molecule has 0 fully saturated rings. The Labute approximate surface area is 127 Å². The highest BCUT2D eigenvalue weighted by Gasteiger charge is 2.09. The van der Waals surface area contributed by atoms with Crippen LogP contribution in [-0.4, -0.2) is 12.5 Å². The Hall–Kier alpha value is -2.07. The largest absolute Gasteiger partial charge is 0.483 e. The van der Waals surface area contributed by atoms with Gasteiger partial charge in [0.25, 0.3) is 5.91 Å². The van der Waals surface area contributed by atoms with Gasteiger partial charge in [0.2, 0.25) is 0 Å². The molecule has 3 nitrogen and oxygen atoms in total. The first-order valence-electron chi connectivity index (χ1n) is 6.55. The van der Waals surface area contributed by atoms with Crippen molar-refractivity contribution in [1.29, 1.82) is 0 Å². The molecule has 0 saturated carbocycles. The van der Waals surface area contributed by atoms with E-state index < -0.39 is 11.7 Å². The van der Waals surface area contributed by atoms with E-state index in [2.05, 4.69) is 5.32 Å². The van der Waals surface area contributed by atoms with Gasteiger partial charge in [0.15, 0.2) is 6.61 Å². The van der Waals surface area contributed by atoms with Crippen LogP contribution in [-0.2, 0) is 11.2 Å². The maximum absolute atomic E-state index is 13.5. The molecule has 0 radical (unpaired) electrons. The van der Waals surface area contributed by atoms with Crippen molar-refractivity contribution in [3.05, 3.63) is 58.9 Å². The average Bonchev–Trinajstić information content (AvgIpc) is 2.49. The Kier molecular flexibility index (Phi) is 5.17. The molecular formula is C16H15ClFNO2. The fraction of sp³-hybridized carbons (Fsp3) is 0.188. The molecule has 21 heavy (non-hydrogen) atoms. The van der Waals surface area contributed by atoms with E-state index in [0.29, 0.717) is 10.8 Å². The van der Waals surface area contributed by atoms with E-state index in [0.717, 1.165) is 12.0 Å². The van der Waals surface area contributed by atoms with E-state index in [1.807, 2.05) is 25.1 Å². The van der Waals surface area contributed by atoms with Crippen molar-refractivity contribution in [2.45, 2.75) is 13.3 Å². The molecule has 0 bridgehead atoms. The van der Waals surface area contributed by atoms with Crippen molar-refractivity contribution in [2.24, 2.45) is 0 Å². The lowest BCUT2D eigenvalue weighted by atomic mass is 10.1. The summed E-state index contributed by atoms with van der Waals surface area (Å²) >= 11 is 5.76. The highest BCUT2D eigenvalue weighted by Crippen LogP contribution is 2.20. The fourth-order valence-electron chi connectivity index (χ4n) is 1.86. The minimum absolute atomic E-state index is 0.0416. The summed E-state index contributed by atoms with van der Waals surface area (Å²) in [7, 11) is 0. The molecule has 110 valence electrons. The molecule has 0 aromatic heterocycles. The molecule has 0 unspecified atom stereocenters. The number of amides is 1. The molecule has 0 heterocycles. The Morgan fingerprint density at radius 3 is 2.81 bits per heavy atom. The van der Waals surface area contributed by atoms with Gasteiger partial charge in [0.1, 0.15) is 11.6 Å². The Morgan fingerprint density at radius 1 is 1.29 bits per heavy atom. The maximum atomic E-state index is 13.5. The van der Waals surface area contributed by atoms with Crippen LogP contribution in [0.1, 0.15) is 12.5 Å². The van der Waals surface area contributed by atoms with Gasteiger partial charge in [0, 0.05) is 5.02 Å². The summed E-state index contributed by atoms with van der Waals surface area (Å²) < 4.78 is 19.0. The van der Waals surface area contributed by atoms with Crippen LogP contribution in [0.2, 0.25) is 5.02 Å². The van der Waals surface area contributed by atoms with Crippen LogP contribution in [0.4, 0.5) is 10.1 Å². The summed E-state index contributed by atoms with van der Waals surface area (Å²) in [6.07, 6.45) is 0.806. The number of aryl methyl sites for hydroxylation is 1. The minimum Gasteiger partial charge on any atom is -0.483 e. The van der Waals surface area contributed by atoms with E-state index in [1.165, 1.54) is 18.2 Å². The third kappa shape index (κ3) is 4.20. The molecule has 2 rings (SSSR count). The molecule has 2 aromatic carbocycles. The van der Waals surface area contributed by atoms with Crippen LogP contribution >= 0.6 is 11.6 Å². The molecule has 0 saturated heterocycles. The monoisotopic (exact) mass is 307 g/mol. The number of rotatable bonds is 5.